The Morgan fingerprint density at radius 3 is 2.52 bits per heavy atom. The number of aromatic carboxylic acids is 1. The topological polar surface area (TPSA) is 117 Å². The van der Waals surface area contributed by atoms with Gasteiger partial charge in [-0.25, -0.2) is 10.2 Å². The second-order valence-electron chi connectivity index (χ2n) is 5.60. The molecule has 0 unspecified atom stereocenters. The Kier molecular flexibility index (Phi) is 7.07. The summed E-state index contributed by atoms with van der Waals surface area (Å²) in [5.41, 5.74) is 4.06. The van der Waals surface area contributed by atoms with Gasteiger partial charge in [0, 0.05) is 0 Å². The van der Waals surface area contributed by atoms with Gasteiger partial charge in [0.15, 0.2) is 6.61 Å². The minimum absolute atomic E-state index is 0.159. The summed E-state index contributed by atoms with van der Waals surface area (Å²) in [4.78, 5) is 34.1. The smallest absolute Gasteiger partial charge is 0.335 e. The van der Waals surface area contributed by atoms with E-state index in [1.165, 1.54) is 18.3 Å². The Balaban J connectivity index is 1.69. The predicted octanol–water partition coefficient (Wildman–Crippen LogP) is 1.34. The molecule has 0 aliphatic heterocycles. The van der Waals surface area contributed by atoms with Crippen LogP contribution in [0.1, 0.15) is 21.5 Å². The molecule has 0 spiro atoms. The van der Waals surface area contributed by atoms with Gasteiger partial charge in [-0.15, -0.1) is 0 Å². The zero-order valence-electron chi connectivity index (χ0n) is 14.6. The number of nitrogens with zero attached hydrogens (tertiary/aromatic N) is 1. The molecule has 0 atom stereocenters. The highest BCUT2D eigenvalue weighted by Gasteiger charge is 2.06. The van der Waals surface area contributed by atoms with Crippen molar-refractivity contribution in [3.05, 3.63) is 65.2 Å². The summed E-state index contributed by atoms with van der Waals surface area (Å²) in [6.07, 6.45) is 1.37. The third-order valence-corrected chi connectivity index (χ3v) is 3.37. The Morgan fingerprint density at radius 1 is 1.11 bits per heavy atom. The van der Waals surface area contributed by atoms with Crippen molar-refractivity contribution in [2.24, 2.45) is 5.10 Å². The van der Waals surface area contributed by atoms with E-state index in [9.17, 15) is 14.4 Å². The highest BCUT2D eigenvalue weighted by atomic mass is 16.5. The summed E-state index contributed by atoms with van der Waals surface area (Å²) in [6, 6.07) is 13.3. The van der Waals surface area contributed by atoms with Crippen molar-refractivity contribution in [2.45, 2.75) is 6.92 Å². The van der Waals surface area contributed by atoms with Crippen LogP contribution in [0.5, 0.6) is 5.75 Å². The zero-order chi connectivity index (χ0) is 19.6. The minimum atomic E-state index is -1.02. The van der Waals surface area contributed by atoms with E-state index in [4.69, 9.17) is 9.84 Å². The van der Waals surface area contributed by atoms with Crippen molar-refractivity contribution in [1.82, 2.24) is 10.7 Å². The molecule has 3 N–H and O–H groups in total. The molecule has 8 heteroatoms. The quantitative estimate of drug-likeness (QED) is 0.479. The van der Waals surface area contributed by atoms with E-state index in [1.54, 1.807) is 24.3 Å². The first-order valence-electron chi connectivity index (χ1n) is 8.05. The Labute approximate surface area is 155 Å². The molecule has 0 bridgehead atoms. The number of ether oxygens (including phenoxy) is 1. The van der Waals surface area contributed by atoms with Crippen molar-refractivity contribution >= 4 is 24.0 Å². The van der Waals surface area contributed by atoms with Gasteiger partial charge < -0.3 is 15.2 Å². The number of carbonyl (C=O) groups excluding carboxylic acids is 2. The van der Waals surface area contributed by atoms with E-state index in [1.807, 2.05) is 19.1 Å². The first-order chi connectivity index (χ1) is 12.9. The van der Waals surface area contributed by atoms with E-state index in [-0.39, 0.29) is 18.7 Å². The maximum Gasteiger partial charge on any atom is 0.335 e. The van der Waals surface area contributed by atoms with Crippen LogP contribution in [0.4, 0.5) is 0 Å². The van der Waals surface area contributed by atoms with Gasteiger partial charge in [-0.2, -0.15) is 5.10 Å². The predicted molar refractivity (Wildman–Crippen MR) is 98.8 cm³/mol. The third kappa shape index (κ3) is 6.99. The molecule has 140 valence electrons. The molecular formula is C19H19N3O5. The molecule has 27 heavy (non-hydrogen) atoms. The van der Waals surface area contributed by atoms with Gasteiger partial charge >= 0.3 is 5.97 Å². The number of carboxylic acid groups (broad SMARTS) is 1. The van der Waals surface area contributed by atoms with E-state index in [2.05, 4.69) is 15.8 Å². The van der Waals surface area contributed by atoms with Gasteiger partial charge in [-0.1, -0.05) is 24.3 Å². The second kappa shape index (κ2) is 9.71. The summed E-state index contributed by atoms with van der Waals surface area (Å²) >= 11 is 0. The van der Waals surface area contributed by atoms with Crippen molar-refractivity contribution in [1.29, 1.82) is 0 Å². The standard InChI is InChI=1S/C19H19N3O5/c1-13-3-2-4-16(9-13)27-12-18(24)20-11-17(23)22-21-10-14-5-7-15(8-6-14)19(25)26/h2-10H,11-12H2,1H3,(H,20,24)(H,22,23)(H,25,26)/b21-10-. The molecule has 0 heterocycles. The average molecular weight is 369 g/mol. The fraction of sp³-hybridized carbons (Fsp3) is 0.158. The first-order valence-corrected chi connectivity index (χ1v) is 8.05. The zero-order valence-corrected chi connectivity index (χ0v) is 14.6. The number of amides is 2. The number of rotatable bonds is 8. The lowest BCUT2D eigenvalue weighted by Crippen LogP contribution is -2.37. The van der Waals surface area contributed by atoms with Crippen molar-refractivity contribution in [3.63, 3.8) is 0 Å². The average Bonchev–Trinajstić information content (AvgIpc) is 2.65. The van der Waals surface area contributed by atoms with Crippen LogP contribution in [-0.4, -0.2) is 42.3 Å². The molecule has 2 aromatic rings. The number of nitrogens with one attached hydrogen (secondary N) is 2. The molecular weight excluding hydrogens is 350 g/mol. The number of benzene rings is 2. The van der Waals surface area contributed by atoms with Crippen LogP contribution in [0.2, 0.25) is 0 Å². The molecule has 8 nitrogen and oxygen atoms in total. The lowest BCUT2D eigenvalue weighted by Gasteiger charge is -2.07. The van der Waals surface area contributed by atoms with E-state index in [0.717, 1.165) is 5.56 Å². The first kappa shape index (κ1) is 19.6. The Bertz CT molecular complexity index is 847. The summed E-state index contributed by atoms with van der Waals surface area (Å²) in [7, 11) is 0. The molecule has 0 saturated carbocycles. The van der Waals surface area contributed by atoms with Gasteiger partial charge in [-0.05, 0) is 42.3 Å². The number of aryl methyl sites for hydroxylation is 1. The normalized spacial score (nSPS) is 10.4. The summed E-state index contributed by atoms with van der Waals surface area (Å²) in [6.45, 7) is 1.47. The minimum Gasteiger partial charge on any atom is -0.484 e. The Morgan fingerprint density at radius 2 is 1.85 bits per heavy atom. The number of hydrazone groups is 1. The summed E-state index contributed by atoms with van der Waals surface area (Å²) in [5, 5.41) is 15.0. The summed E-state index contributed by atoms with van der Waals surface area (Å²) < 4.78 is 5.33. The summed E-state index contributed by atoms with van der Waals surface area (Å²) in [5.74, 6) is -1.38. The largest absolute Gasteiger partial charge is 0.484 e. The fourth-order valence-corrected chi connectivity index (χ4v) is 2.01. The molecule has 0 fully saturated rings. The van der Waals surface area contributed by atoms with E-state index >= 15 is 0 Å². The van der Waals surface area contributed by atoms with Crippen LogP contribution in [-0.2, 0) is 9.59 Å². The molecule has 2 aromatic carbocycles. The maximum absolute atomic E-state index is 11.7. The number of hydrogen-bond donors (Lipinski definition) is 3. The second-order valence-corrected chi connectivity index (χ2v) is 5.60. The Hall–Kier alpha value is -3.68. The number of hydrogen-bond acceptors (Lipinski definition) is 5. The lowest BCUT2D eigenvalue weighted by molar-refractivity contribution is -0.127. The van der Waals surface area contributed by atoms with Crippen molar-refractivity contribution in [3.8, 4) is 5.75 Å². The molecule has 0 radical (unpaired) electrons. The van der Waals surface area contributed by atoms with Gasteiger partial charge in [0.05, 0.1) is 18.3 Å². The molecule has 0 aliphatic rings. The SMILES string of the molecule is Cc1cccc(OCC(=O)NCC(=O)N/N=C\c2ccc(C(=O)O)cc2)c1. The molecule has 0 aliphatic carbocycles. The van der Waals surface area contributed by atoms with Crippen LogP contribution < -0.4 is 15.5 Å². The van der Waals surface area contributed by atoms with Crippen LogP contribution in [0.15, 0.2) is 53.6 Å². The van der Waals surface area contributed by atoms with Gasteiger partial charge in [0.25, 0.3) is 11.8 Å². The monoisotopic (exact) mass is 369 g/mol. The highest BCUT2D eigenvalue weighted by Crippen LogP contribution is 2.11. The molecule has 0 saturated heterocycles. The van der Waals surface area contributed by atoms with E-state index < -0.39 is 17.8 Å². The van der Waals surface area contributed by atoms with Crippen LogP contribution in [0, 0.1) is 6.92 Å². The maximum atomic E-state index is 11.7. The molecule has 0 aromatic heterocycles. The third-order valence-electron chi connectivity index (χ3n) is 3.37. The fourth-order valence-electron chi connectivity index (χ4n) is 2.01. The van der Waals surface area contributed by atoms with Gasteiger partial charge in [0.1, 0.15) is 5.75 Å². The van der Waals surface area contributed by atoms with Crippen LogP contribution in [0.25, 0.3) is 0 Å². The highest BCUT2D eigenvalue weighted by molar-refractivity contribution is 5.90. The lowest BCUT2D eigenvalue weighted by atomic mass is 10.1. The molecule has 2 amide bonds. The molecule has 2 rings (SSSR count). The number of carboxylic acids is 1. The van der Waals surface area contributed by atoms with Gasteiger partial charge in [-0.3, -0.25) is 9.59 Å². The van der Waals surface area contributed by atoms with E-state index in [0.29, 0.717) is 11.3 Å². The van der Waals surface area contributed by atoms with Crippen molar-refractivity contribution in [2.75, 3.05) is 13.2 Å². The van der Waals surface area contributed by atoms with Crippen LogP contribution in [0.3, 0.4) is 0 Å². The number of carbonyl (C=O) groups is 3. The van der Waals surface area contributed by atoms with Crippen molar-refractivity contribution < 1.29 is 24.2 Å². The van der Waals surface area contributed by atoms with Gasteiger partial charge in [0.2, 0.25) is 0 Å². The van der Waals surface area contributed by atoms with Crippen LogP contribution >= 0.6 is 0 Å².